The summed E-state index contributed by atoms with van der Waals surface area (Å²) in [7, 11) is 1.60. The van der Waals surface area contributed by atoms with Gasteiger partial charge in [-0.05, 0) is 24.6 Å². The van der Waals surface area contributed by atoms with E-state index in [0.29, 0.717) is 12.2 Å². The van der Waals surface area contributed by atoms with Gasteiger partial charge >= 0.3 is 0 Å². The van der Waals surface area contributed by atoms with E-state index in [1.165, 1.54) is 0 Å². The second-order valence-electron chi connectivity index (χ2n) is 3.44. The first kappa shape index (κ1) is 12.5. The Morgan fingerprint density at radius 3 is 2.67 bits per heavy atom. The summed E-state index contributed by atoms with van der Waals surface area (Å²) in [4.78, 5) is 0. The lowest BCUT2D eigenvalue weighted by Gasteiger charge is -2.27. The third-order valence-corrected chi connectivity index (χ3v) is 3.29. The second-order valence-corrected chi connectivity index (χ2v) is 4.29. The first-order chi connectivity index (χ1) is 7.07. The Kier molecular flexibility index (Phi) is 4.13. The Labute approximate surface area is 98.4 Å². The van der Waals surface area contributed by atoms with Gasteiger partial charge in [0.25, 0.3) is 0 Å². The molecule has 0 spiro atoms. The third kappa shape index (κ3) is 2.51. The molecule has 0 radical (unpaired) electrons. The molecule has 1 aromatic carbocycles. The van der Waals surface area contributed by atoms with Crippen molar-refractivity contribution in [3.63, 3.8) is 0 Å². The van der Waals surface area contributed by atoms with Crippen LogP contribution in [0.3, 0.4) is 0 Å². The predicted molar refractivity (Wildman–Crippen MR) is 63.9 cm³/mol. The highest BCUT2D eigenvalue weighted by molar-refractivity contribution is 9.10. The number of methoxy groups -OCH3 is 1. The van der Waals surface area contributed by atoms with Gasteiger partial charge in [-0.1, -0.05) is 22.9 Å². The highest BCUT2D eigenvalue weighted by atomic mass is 79.9. The van der Waals surface area contributed by atoms with Crippen LogP contribution in [0.15, 0.2) is 22.7 Å². The molecule has 3 N–H and O–H groups in total. The lowest BCUT2D eigenvalue weighted by atomic mass is 9.91. The molecule has 3 nitrogen and oxygen atoms in total. The summed E-state index contributed by atoms with van der Waals surface area (Å²) in [6, 6.07) is 5.49. The van der Waals surface area contributed by atoms with E-state index in [1.54, 1.807) is 13.2 Å². The van der Waals surface area contributed by atoms with E-state index in [-0.39, 0.29) is 6.54 Å². The molecule has 84 valence electrons. The monoisotopic (exact) mass is 273 g/mol. The number of aliphatic hydroxyl groups is 1. The lowest BCUT2D eigenvalue weighted by molar-refractivity contribution is 0.0409. The Morgan fingerprint density at radius 2 is 2.20 bits per heavy atom. The van der Waals surface area contributed by atoms with Crippen molar-refractivity contribution >= 4 is 15.9 Å². The van der Waals surface area contributed by atoms with Gasteiger partial charge in [-0.15, -0.1) is 0 Å². The van der Waals surface area contributed by atoms with Gasteiger partial charge < -0.3 is 15.6 Å². The van der Waals surface area contributed by atoms with Crippen LogP contribution in [0.1, 0.15) is 18.9 Å². The summed E-state index contributed by atoms with van der Waals surface area (Å²) in [5.41, 5.74) is 5.38. The fraction of sp³-hybridized carbons (Fsp3) is 0.455. The molecule has 4 heteroatoms. The van der Waals surface area contributed by atoms with Crippen molar-refractivity contribution in [2.24, 2.45) is 5.73 Å². The molecule has 1 atom stereocenters. The summed E-state index contributed by atoms with van der Waals surface area (Å²) in [5.74, 6) is 0.716. The number of benzene rings is 1. The minimum atomic E-state index is -0.993. The zero-order chi connectivity index (χ0) is 11.5. The average Bonchev–Trinajstić information content (AvgIpc) is 2.28. The zero-order valence-electron chi connectivity index (χ0n) is 8.96. The fourth-order valence-corrected chi connectivity index (χ4v) is 2.05. The minimum Gasteiger partial charge on any atom is -0.497 e. The summed E-state index contributed by atoms with van der Waals surface area (Å²) < 4.78 is 5.97. The fourth-order valence-electron chi connectivity index (χ4n) is 1.43. The molecule has 0 bridgehead atoms. The molecular formula is C11H16BrNO2. The van der Waals surface area contributed by atoms with Crippen molar-refractivity contribution in [2.45, 2.75) is 18.9 Å². The molecule has 0 saturated heterocycles. The van der Waals surface area contributed by atoms with Crippen LogP contribution in [0, 0.1) is 0 Å². The van der Waals surface area contributed by atoms with Gasteiger partial charge in [0.1, 0.15) is 11.4 Å². The van der Waals surface area contributed by atoms with E-state index in [1.807, 2.05) is 19.1 Å². The molecule has 15 heavy (non-hydrogen) atoms. The van der Waals surface area contributed by atoms with Crippen molar-refractivity contribution in [1.29, 1.82) is 0 Å². The molecule has 0 aliphatic heterocycles. The first-order valence-electron chi connectivity index (χ1n) is 4.84. The first-order valence-corrected chi connectivity index (χ1v) is 5.63. The maximum absolute atomic E-state index is 10.3. The summed E-state index contributed by atoms with van der Waals surface area (Å²) >= 11 is 3.41. The van der Waals surface area contributed by atoms with Crippen LogP contribution in [0.5, 0.6) is 5.75 Å². The van der Waals surface area contributed by atoms with E-state index >= 15 is 0 Å². The normalized spacial score (nSPS) is 14.7. The van der Waals surface area contributed by atoms with Crippen molar-refractivity contribution < 1.29 is 9.84 Å². The number of rotatable bonds is 4. The lowest BCUT2D eigenvalue weighted by Crippen LogP contribution is -2.34. The Morgan fingerprint density at radius 1 is 1.53 bits per heavy atom. The number of hydrogen-bond donors (Lipinski definition) is 2. The largest absolute Gasteiger partial charge is 0.497 e. The van der Waals surface area contributed by atoms with Crippen LogP contribution in [-0.4, -0.2) is 18.8 Å². The quantitative estimate of drug-likeness (QED) is 0.883. The van der Waals surface area contributed by atoms with Gasteiger partial charge in [0.15, 0.2) is 0 Å². The van der Waals surface area contributed by atoms with Crippen molar-refractivity contribution in [3.8, 4) is 5.75 Å². The van der Waals surface area contributed by atoms with Gasteiger partial charge in [-0.3, -0.25) is 0 Å². The summed E-state index contributed by atoms with van der Waals surface area (Å²) in [6.07, 6.45) is 0.565. The topological polar surface area (TPSA) is 55.5 Å². The molecule has 1 rings (SSSR count). The Hall–Kier alpha value is -0.580. The summed E-state index contributed by atoms with van der Waals surface area (Å²) in [6.45, 7) is 2.09. The van der Waals surface area contributed by atoms with Crippen molar-refractivity contribution in [2.75, 3.05) is 13.7 Å². The van der Waals surface area contributed by atoms with Gasteiger partial charge in [0.2, 0.25) is 0 Å². The Balaban J connectivity index is 3.21. The minimum absolute atomic E-state index is 0.190. The third-order valence-electron chi connectivity index (χ3n) is 2.60. The van der Waals surface area contributed by atoms with Gasteiger partial charge in [0.05, 0.1) is 7.11 Å². The molecule has 0 fully saturated rings. The predicted octanol–water partition coefficient (Wildman–Crippen LogP) is 2.01. The molecular weight excluding hydrogens is 258 g/mol. The van der Waals surface area contributed by atoms with Crippen LogP contribution in [0.4, 0.5) is 0 Å². The van der Waals surface area contributed by atoms with E-state index in [4.69, 9.17) is 10.5 Å². The van der Waals surface area contributed by atoms with Crippen molar-refractivity contribution in [3.05, 3.63) is 28.2 Å². The van der Waals surface area contributed by atoms with E-state index in [0.717, 1.165) is 10.0 Å². The van der Waals surface area contributed by atoms with Gasteiger partial charge in [-0.2, -0.15) is 0 Å². The van der Waals surface area contributed by atoms with Crippen molar-refractivity contribution in [1.82, 2.24) is 0 Å². The van der Waals surface area contributed by atoms with Crippen LogP contribution in [0.2, 0.25) is 0 Å². The Bertz CT molecular complexity index is 337. The maximum Gasteiger partial charge on any atom is 0.119 e. The standard InChI is InChI=1S/C11H16BrNO2/c1-3-11(14,7-13)9-6-8(15-2)4-5-10(9)12/h4-6,14H,3,7,13H2,1-2H3. The van der Waals surface area contributed by atoms with Crippen LogP contribution >= 0.6 is 15.9 Å². The number of ether oxygens (including phenoxy) is 1. The zero-order valence-corrected chi connectivity index (χ0v) is 10.5. The van der Waals surface area contributed by atoms with Crippen LogP contribution < -0.4 is 10.5 Å². The van der Waals surface area contributed by atoms with Crippen LogP contribution in [0.25, 0.3) is 0 Å². The molecule has 0 heterocycles. The molecule has 0 aliphatic carbocycles. The molecule has 1 aromatic rings. The second kappa shape index (κ2) is 4.96. The van der Waals surface area contributed by atoms with E-state index < -0.39 is 5.60 Å². The van der Waals surface area contributed by atoms with Gasteiger partial charge in [-0.25, -0.2) is 0 Å². The molecule has 0 saturated carbocycles. The highest BCUT2D eigenvalue weighted by Crippen LogP contribution is 2.33. The van der Waals surface area contributed by atoms with Gasteiger partial charge in [0, 0.05) is 16.6 Å². The smallest absolute Gasteiger partial charge is 0.119 e. The molecule has 0 aromatic heterocycles. The highest BCUT2D eigenvalue weighted by Gasteiger charge is 2.27. The average molecular weight is 274 g/mol. The SMILES string of the molecule is CCC(O)(CN)c1cc(OC)ccc1Br. The van der Waals surface area contributed by atoms with E-state index in [2.05, 4.69) is 15.9 Å². The van der Waals surface area contributed by atoms with E-state index in [9.17, 15) is 5.11 Å². The van der Waals surface area contributed by atoms with Crippen LogP contribution in [-0.2, 0) is 5.60 Å². The summed E-state index contributed by atoms with van der Waals surface area (Å²) in [5, 5.41) is 10.3. The molecule has 0 aliphatic rings. The number of hydrogen-bond acceptors (Lipinski definition) is 3. The molecule has 1 unspecified atom stereocenters. The number of nitrogens with two attached hydrogens (primary N) is 1. The molecule has 0 amide bonds. The maximum atomic E-state index is 10.3. The number of halogens is 1.